The number of nitrogens with one attached hydrogen (secondary N) is 2. The number of aromatic nitrogens is 4. The highest BCUT2D eigenvalue weighted by Gasteiger charge is 2.22. The van der Waals surface area contributed by atoms with Crippen molar-refractivity contribution in [1.29, 1.82) is 0 Å². The Morgan fingerprint density at radius 1 is 0.943 bits per heavy atom. The fourth-order valence-electron chi connectivity index (χ4n) is 3.91. The van der Waals surface area contributed by atoms with Crippen LogP contribution in [0.5, 0.6) is 0 Å². The summed E-state index contributed by atoms with van der Waals surface area (Å²) in [7, 11) is 0. The molecule has 1 amide bonds. The molecule has 0 fully saturated rings. The number of thioether (sulfide) groups is 1. The monoisotopic (exact) mass is 488 g/mol. The van der Waals surface area contributed by atoms with Gasteiger partial charge in [-0.25, -0.2) is 14.6 Å². The van der Waals surface area contributed by atoms with Gasteiger partial charge in [0.2, 0.25) is 5.91 Å². The van der Waals surface area contributed by atoms with Crippen molar-refractivity contribution < 1.29 is 4.79 Å². The summed E-state index contributed by atoms with van der Waals surface area (Å²) in [4.78, 5) is 22.8. The zero-order chi connectivity index (χ0) is 24.5. The summed E-state index contributed by atoms with van der Waals surface area (Å²) in [5.74, 6) is 1.39. The molecule has 182 valence electrons. The predicted molar refractivity (Wildman–Crippen MR) is 143 cm³/mol. The molecule has 4 rings (SSSR count). The fraction of sp³-hybridized carbons (Fsp3) is 0.333. The summed E-state index contributed by atoms with van der Waals surface area (Å²) in [6, 6.07) is 19.8. The van der Waals surface area contributed by atoms with Gasteiger partial charge in [0.1, 0.15) is 5.82 Å². The minimum absolute atomic E-state index is 0.0296. The smallest absolute Gasteiger partial charge is 0.232 e. The van der Waals surface area contributed by atoms with E-state index in [1.165, 1.54) is 0 Å². The SMILES string of the molecule is CCCNc1nc(SCCC)nc2c1cnn2CCNC(=O)C(c1ccccc1)c1ccccc1. The number of nitrogens with zero attached hydrogens (tertiary/aromatic N) is 4. The number of hydrogen-bond acceptors (Lipinski definition) is 6. The molecule has 4 aromatic rings. The van der Waals surface area contributed by atoms with Gasteiger partial charge in [-0.1, -0.05) is 86.3 Å². The molecule has 0 saturated heterocycles. The maximum atomic E-state index is 13.3. The lowest BCUT2D eigenvalue weighted by molar-refractivity contribution is -0.121. The first-order chi connectivity index (χ1) is 17.2. The van der Waals surface area contributed by atoms with Crippen LogP contribution in [-0.4, -0.2) is 44.5 Å². The number of rotatable bonds is 12. The fourth-order valence-corrected chi connectivity index (χ4v) is 4.60. The summed E-state index contributed by atoms with van der Waals surface area (Å²) in [6.07, 6.45) is 3.87. The lowest BCUT2D eigenvalue weighted by Gasteiger charge is -2.18. The Bertz CT molecular complexity index is 1190. The Morgan fingerprint density at radius 3 is 2.26 bits per heavy atom. The Balaban J connectivity index is 1.51. The largest absolute Gasteiger partial charge is 0.369 e. The van der Waals surface area contributed by atoms with Crippen LogP contribution in [0.25, 0.3) is 11.0 Å². The maximum Gasteiger partial charge on any atom is 0.232 e. The average molecular weight is 489 g/mol. The van der Waals surface area contributed by atoms with E-state index in [4.69, 9.17) is 9.97 Å². The molecule has 0 radical (unpaired) electrons. The molecular formula is C27H32N6OS. The molecule has 2 aromatic heterocycles. The minimum atomic E-state index is -0.365. The van der Waals surface area contributed by atoms with Crippen molar-refractivity contribution in [3.05, 3.63) is 78.0 Å². The van der Waals surface area contributed by atoms with E-state index in [0.717, 1.165) is 58.3 Å². The second kappa shape index (κ2) is 12.4. The van der Waals surface area contributed by atoms with Crippen LogP contribution in [-0.2, 0) is 11.3 Å². The second-order valence-electron chi connectivity index (χ2n) is 8.28. The Labute approximate surface area is 210 Å². The van der Waals surface area contributed by atoms with Crippen molar-refractivity contribution in [3.8, 4) is 0 Å². The van der Waals surface area contributed by atoms with Crippen LogP contribution in [0, 0.1) is 0 Å². The number of carbonyl (C=O) groups is 1. The first kappa shape index (κ1) is 24.7. The number of carbonyl (C=O) groups excluding carboxylic acids is 1. The zero-order valence-corrected chi connectivity index (χ0v) is 21.1. The quantitative estimate of drug-likeness (QED) is 0.213. The van der Waals surface area contributed by atoms with Crippen molar-refractivity contribution in [3.63, 3.8) is 0 Å². The zero-order valence-electron chi connectivity index (χ0n) is 20.3. The van der Waals surface area contributed by atoms with E-state index in [2.05, 4.69) is 29.6 Å². The lowest BCUT2D eigenvalue weighted by atomic mass is 9.90. The Morgan fingerprint density at radius 2 is 1.63 bits per heavy atom. The van der Waals surface area contributed by atoms with Gasteiger partial charge in [0.15, 0.2) is 10.8 Å². The van der Waals surface area contributed by atoms with Crippen LogP contribution in [0.1, 0.15) is 43.7 Å². The molecule has 0 aliphatic heterocycles. The molecule has 0 aliphatic carbocycles. The number of anilines is 1. The highest BCUT2D eigenvalue weighted by Crippen LogP contribution is 2.26. The van der Waals surface area contributed by atoms with Gasteiger partial charge < -0.3 is 10.6 Å². The van der Waals surface area contributed by atoms with Gasteiger partial charge in [-0.15, -0.1) is 0 Å². The predicted octanol–water partition coefficient (Wildman–Crippen LogP) is 5.10. The van der Waals surface area contributed by atoms with E-state index in [-0.39, 0.29) is 11.8 Å². The van der Waals surface area contributed by atoms with E-state index in [9.17, 15) is 4.79 Å². The van der Waals surface area contributed by atoms with Crippen molar-refractivity contribution in [2.75, 3.05) is 24.2 Å². The average Bonchev–Trinajstić information content (AvgIpc) is 3.30. The number of amides is 1. The third kappa shape index (κ3) is 6.19. The van der Waals surface area contributed by atoms with Gasteiger partial charge in [-0.2, -0.15) is 5.10 Å². The van der Waals surface area contributed by atoms with Gasteiger partial charge in [-0.05, 0) is 24.0 Å². The van der Waals surface area contributed by atoms with E-state index >= 15 is 0 Å². The van der Waals surface area contributed by atoms with Crippen molar-refractivity contribution in [1.82, 2.24) is 25.1 Å². The van der Waals surface area contributed by atoms with Crippen molar-refractivity contribution >= 4 is 34.5 Å². The van der Waals surface area contributed by atoms with Crippen LogP contribution in [0.4, 0.5) is 5.82 Å². The molecule has 2 aromatic carbocycles. The van der Waals surface area contributed by atoms with E-state index in [1.807, 2.05) is 65.3 Å². The van der Waals surface area contributed by atoms with Crippen LogP contribution in [0.15, 0.2) is 72.0 Å². The number of fused-ring (bicyclic) bond motifs is 1. The van der Waals surface area contributed by atoms with E-state index in [1.54, 1.807) is 18.0 Å². The molecule has 2 heterocycles. The number of benzene rings is 2. The molecule has 0 unspecified atom stereocenters. The van der Waals surface area contributed by atoms with Gasteiger partial charge in [0.25, 0.3) is 0 Å². The molecule has 0 bridgehead atoms. The van der Waals surface area contributed by atoms with Gasteiger partial charge >= 0.3 is 0 Å². The third-order valence-electron chi connectivity index (χ3n) is 5.60. The molecule has 0 spiro atoms. The van der Waals surface area contributed by atoms with Crippen molar-refractivity contribution in [2.45, 2.75) is 44.3 Å². The Kier molecular flexibility index (Phi) is 8.73. The molecular weight excluding hydrogens is 456 g/mol. The first-order valence-corrected chi connectivity index (χ1v) is 13.2. The minimum Gasteiger partial charge on any atom is -0.369 e. The summed E-state index contributed by atoms with van der Waals surface area (Å²) < 4.78 is 1.85. The highest BCUT2D eigenvalue weighted by atomic mass is 32.2. The van der Waals surface area contributed by atoms with Crippen LogP contribution in [0.2, 0.25) is 0 Å². The van der Waals surface area contributed by atoms with E-state index in [0.29, 0.717) is 13.1 Å². The number of hydrogen-bond donors (Lipinski definition) is 2. The standard InChI is InChI=1S/C27H32N6OS/c1-3-15-28-24-22-19-30-33(25(22)32-27(31-24)35-18-4-2)17-16-29-26(34)23(20-11-7-5-8-12-20)21-13-9-6-10-14-21/h5-14,19,23H,3-4,15-18H2,1-2H3,(H,29,34)(H,28,31,32). The van der Waals surface area contributed by atoms with Gasteiger partial charge in [0.05, 0.1) is 24.0 Å². The van der Waals surface area contributed by atoms with Gasteiger partial charge in [-0.3, -0.25) is 4.79 Å². The summed E-state index contributed by atoms with van der Waals surface area (Å²) in [5.41, 5.74) is 2.73. The summed E-state index contributed by atoms with van der Waals surface area (Å²) >= 11 is 1.65. The summed E-state index contributed by atoms with van der Waals surface area (Å²) in [6.45, 7) is 6.08. The second-order valence-corrected chi connectivity index (χ2v) is 9.34. The molecule has 2 N–H and O–H groups in total. The van der Waals surface area contributed by atoms with Crippen LogP contribution < -0.4 is 10.6 Å². The molecule has 0 saturated carbocycles. The highest BCUT2D eigenvalue weighted by molar-refractivity contribution is 7.99. The maximum absolute atomic E-state index is 13.3. The topological polar surface area (TPSA) is 84.7 Å². The Hall–Kier alpha value is -3.39. The molecule has 7 nitrogen and oxygen atoms in total. The first-order valence-electron chi connectivity index (χ1n) is 12.2. The molecule has 35 heavy (non-hydrogen) atoms. The lowest BCUT2D eigenvalue weighted by Crippen LogP contribution is -2.32. The summed E-state index contributed by atoms with van der Waals surface area (Å²) in [5, 5.41) is 12.7. The molecule has 0 atom stereocenters. The van der Waals surface area contributed by atoms with E-state index < -0.39 is 0 Å². The van der Waals surface area contributed by atoms with Crippen molar-refractivity contribution in [2.24, 2.45) is 0 Å². The van der Waals surface area contributed by atoms with Gasteiger partial charge in [0, 0.05) is 18.8 Å². The molecule has 0 aliphatic rings. The van der Waals surface area contributed by atoms with Crippen LogP contribution >= 0.6 is 11.8 Å². The molecule has 8 heteroatoms. The third-order valence-corrected chi connectivity index (χ3v) is 6.66. The van der Waals surface area contributed by atoms with Crippen LogP contribution in [0.3, 0.4) is 0 Å². The normalized spacial score (nSPS) is 11.2.